The summed E-state index contributed by atoms with van der Waals surface area (Å²) in [5.74, 6) is 1.65. The monoisotopic (exact) mass is 268 g/mol. The largest absolute Gasteiger partial charge is 0.427 e. The molecule has 1 N–H and O–H groups in total. The lowest BCUT2D eigenvalue weighted by molar-refractivity contribution is -0.134. The molecule has 0 bridgehead atoms. The van der Waals surface area contributed by atoms with Crippen LogP contribution in [0.1, 0.15) is 4.88 Å². The second-order valence-corrected chi connectivity index (χ2v) is 5.00. The summed E-state index contributed by atoms with van der Waals surface area (Å²) in [6, 6.07) is 0. The number of thiazole rings is 1. The molecule has 0 aliphatic carbocycles. The molecule has 0 radical (unpaired) electrons. The van der Waals surface area contributed by atoms with E-state index in [1.807, 2.05) is 0 Å². The van der Waals surface area contributed by atoms with Crippen LogP contribution in [0.5, 0.6) is 0 Å². The van der Waals surface area contributed by atoms with Crippen LogP contribution in [0.3, 0.4) is 0 Å². The quantitative estimate of drug-likeness (QED) is 0.631. The number of anilines is 1. The molecule has 7 heteroatoms. The number of hydrogen-bond acceptors (Lipinski definition) is 4. The van der Waals surface area contributed by atoms with Gasteiger partial charge in [-0.1, -0.05) is 17.4 Å². The van der Waals surface area contributed by atoms with Crippen LogP contribution >= 0.6 is 23.1 Å². The molecule has 0 aliphatic rings. The van der Waals surface area contributed by atoms with Crippen molar-refractivity contribution in [1.29, 1.82) is 0 Å². The van der Waals surface area contributed by atoms with Crippen molar-refractivity contribution in [2.24, 2.45) is 0 Å². The minimum atomic E-state index is -4.30. The third-order valence-electron chi connectivity index (χ3n) is 1.54. The molecule has 0 saturated heterocycles. The van der Waals surface area contributed by atoms with Gasteiger partial charge in [-0.3, -0.25) is 0 Å². The van der Waals surface area contributed by atoms with Gasteiger partial charge in [0.1, 0.15) is 4.88 Å². The standard InChI is InChI=1S/C9H11F3N2S2/c1-2-4-15-5-3-13-8-14-6-7(16-8)9(10,11)12/h2,6H,1,3-5H2,(H,13,14). The van der Waals surface area contributed by atoms with Crippen LogP contribution < -0.4 is 5.32 Å². The number of halogens is 3. The number of nitrogens with zero attached hydrogens (tertiary/aromatic N) is 1. The van der Waals surface area contributed by atoms with Gasteiger partial charge in [-0.25, -0.2) is 4.98 Å². The van der Waals surface area contributed by atoms with E-state index in [2.05, 4.69) is 16.9 Å². The highest BCUT2D eigenvalue weighted by Gasteiger charge is 2.33. The first-order valence-electron chi connectivity index (χ1n) is 4.49. The lowest BCUT2D eigenvalue weighted by Crippen LogP contribution is -2.03. The maximum Gasteiger partial charge on any atom is 0.427 e. The van der Waals surface area contributed by atoms with Gasteiger partial charge in [0, 0.05) is 18.1 Å². The summed E-state index contributed by atoms with van der Waals surface area (Å²) in [5, 5.41) is 3.16. The molecule has 1 heterocycles. The van der Waals surface area contributed by atoms with E-state index < -0.39 is 11.1 Å². The van der Waals surface area contributed by atoms with Crippen molar-refractivity contribution in [3.8, 4) is 0 Å². The van der Waals surface area contributed by atoms with E-state index in [4.69, 9.17) is 0 Å². The molecule has 16 heavy (non-hydrogen) atoms. The minimum absolute atomic E-state index is 0.312. The fraction of sp³-hybridized carbons (Fsp3) is 0.444. The van der Waals surface area contributed by atoms with Gasteiger partial charge in [0.05, 0.1) is 6.20 Å². The van der Waals surface area contributed by atoms with Crippen LogP contribution in [-0.2, 0) is 6.18 Å². The molecule has 0 fully saturated rings. The highest BCUT2D eigenvalue weighted by atomic mass is 32.2. The van der Waals surface area contributed by atoms with Crippen molar-refractivity contribution in [3.05, 3.63) is 23.7 Å². The molecule has 0 aliphatic heterocycles. The molecule has 0 atom stereocenters. The van der Waals surface area contributed by atoms with Crippen LogP contribution in [0.15, 0.2) is 18.9 Å². The summed E-state index contributed by atoms with van der Waals surface area (Å²) in [5.41, 5.74) is 0. The Kier molecular flexibility index (Phi) is 5.14. The van der Waals surface area contributed by atoms with Crippen LogP contribution in [0, 0.1) is 0 Å². The van der Waals surface area contributed by atoms with Crippen LogP contribution in [0.2, 0.25) is 0 Å². The van der Waals surface area contributed by atoms with Crippen molar-refractivity contribution in [2.75, 3.05) is 23.4 Å². The molecule has 0 amide bonds. The smallest absolute Gasteiger partial charge is 0.361 e. The van der Waals surface area contributed by atoms with Gasteiger partial charge in [-0.05, 0) is 0 Å². The topological polar surface area (TPSA) is 24.9 Å². The normalized spacial score (nSPS) is 11.4. The zero-order valence-electron chi connectivity index (χ0n) is 8.38. The predicted molar refractivity (Wildman–Crippen MR) is 63.1 cm³/mol. The summed E-state index contributed by atoms with van der Waals surface area (Å²) < 4.78 is 36.7. The molecule has 0 unspecified atom stereocenters. The Balaban J connectivity index is 2.32. The SMILES string of the molecule is C=CCSCCNc1ncc(C(F)(F)F)s1. The van der Waals surface area contributed by atoms with E-state index in [0.29, 0.717) is 23.0 Å². The number of alkyl halides is 3. The zero-order chi connectivity index (χ0) is 12.0. The lowest BCUT2D eigenvalue weighted by atomic mass is 10.5. The molecule has 1 rings (SSSR count). The molecule has 1 aromatic heterocycles. The Morgan fingerprint density at radius 2 is 2.31 bits per heavy atom. The minimum Gasteiger partial charge on any atom is -0.361 e. The van der Waals surface area contributed by atoms with Crippen molar-refractivity contribution >= 4 is 28.2 Å². The van der Waals surface area contributed by atoms with E-state index in [9.17, 15) is 13.2 Å². The van der Waals surface area contributed by atoms with Gasteiger partial charge in [0.25, 0.3) is 0 Å². The molecular formula is C9H11F3N2S2. The van der Waals surface area contributed by atoms with Crippen molar-refractivity contribution < 1.29 is 13.2 Å². The average Bonchev–Trinajstić information content (AvgIpc) is 2.65. The third kappa shape index (κ3) is 4.44. The van der Waals surface area contributed by atoms with Gasteiger partial charge in [0.15, 0.2) is 5.13 Å². The number of rotatable bonds is 6. The highest BCUT2D eigenvalue weighted by Crippen LogP contribution is 2.34. The summed E-state index contributed by atoms with van der Waals surface area (Å²) in [6.07, 6.45) is -1.66. The van der Waals surface area contributed by atoms with Crippen molar-refractivity contribution in [1.82, 2.24) is 4.98 Å². The molecule has 0 spiro atoms. The second kappa shape index (κ2) is 6.15. The number of thioether (sulfide) groups is 1. The fourth-order valence-electron chi connectivity index (χ4n) is 0.884. The first-order valence-corrected chi connectivity index (χ1v) is 6.46. The Hall–Kier alpha value is -0.690. The molecule has 0 saturated carbocycles. The Bertz CT molecular complexity index is 336. The second-order valence-electron chi connectivity index (χ2n) is 2.82. The van der Waals surface area contributed by atoms with Gasteiger partial charge in [-0.2, -0.15) is 24.9 Å². The van der Waals surface area contributed by atoms with E-state index in [1.54, 1.807) is 17.8 Å². The van der Waals surface area contributed by atoms with Gasteiger partial charge >= 0.3 is 6.18 Å². The predicted octanol–water partition coefficient (Wildman–Crippen LogP) is 3.49. The fourth-order valence-corrected chi connectivity index (χ4v) is 2.17. The lowest BCUT2D eigenvalue weighted by Gasteiger charge is -2.01. The highest BCUT2D eigenvalue weighted by molar-refractivity contribution is 7.99. The summed E-state index contributed by atoms with van der Waals surface area (Å²) in [6.45, 7) is 4.17. The third-order valence-corrected chi connectivity index (χ3v) is 3.51. The van der Waals surface area contributed by atoms with Crippen LogP contribution in [0.4, 0.5) is 18.3 Å². The molecular weight excluding hydrogens is 257 g/mol. The van der Waals surface area contributed by atoms with Gasteiger partial charge < -0.3 is 5.32 Å². The molecule has 1 aromatic rings. The number of aromatic nitrogens is 1. The molecule has 90 valence electrons. The molecule has 0 aromatic carbocycles. The number of nitrogens with one attached hydrogen (secondary N) is 1. The number of hydrogen-bond donors (Lipinski definition) is 1. The Morgan fingerprint density at radius 1 is 1.56 bits per heavy atom. The first kappa shape index (κ1) is 13.4. The summed E-state index contributed by atoms with van der Waals surface area (Å²) >= 11 is 2.29. The van der Waals surface area contributed by atoms with Crippen molar-refractivity contribution in [2.45, 2.75) is 6.18 Å². The van der Waals surface area contributed by atoms with E-state index in [1.165, 1.54) is 0 Å². The summed E-state index contributed by atoms with van der Waals surface area (Å²) in [7, 11) is 0. The van der Waals surface area contributed by atoms with Crippen LogP contribution in [0.25, 0.3) is 0 Å². The van der Waals surface area contributed by atoms with E-state index in [-0.39, 0.29) is 0 Å². The average molecular weight is 268 g/mol. The summed E-state index contributed by atoms with van der Waals surface area (Å²) in [4.78, 5) is 2.99. The Morgan fingerprint density at radius 3 is 2.88 bits per heavy atom. The maximum atomic E-state index is 12.2. The van der Waals surface area contributed by atoms with E-state index in [0.717, 1.165) is 17.7 Å². The van der Waals surface area contributed by atoms with Gasteiger partial charge in [-0.15, -0.1) is 6.58 Å². The van der Waals surface area contributed by atoms with Gasteiger partial charge in [0.2, 0.25) is 0 Å². The Labute approximate surface area is 100.0 Å². The van der Waals surface area contributed by atoms with E-state index >= 15 is 0 Å². The van der Waals surface area contributed by atoms with Crippen molar-refractivity contribution in [3.63, 3.8) is 0 Å². The molecule has 2 nitrogen and oxygen atoms in total. The first-order chi connectivity index (χ1) is 7.54. The maximum absolute atomic E-state index is 12.2. The zero-order valence-corrected chi connectivity index (χ0v) is 10.0. The van der Waals surface area contributed by atoms with Crippen LogP contribution in [-0.4, -0.2) is 23.0 Å².